The highest BCUT2D eigenvalue weighted by Crippen LogP contribution is 2.45. The Kier molecular flexibility index (Phi) is 6.00. The minimum absolute atomic E-state index is 0.167. The molecule has 39 heavy (non-hydrogen) atoms. The van der Waals surface area contributed by atoms with Gasteiger partial charge >= 0.3 is 0 Å². The van der Waals surface area contributed by atoms with E-state index in [1.165, 1.54) is 4.90 Å². The Morgan fingerprint density at radius 1 is 1.05 bits per heavy atom. The molecule has 3 heterocycles. The third-order valence-electron chi connectivity index (χ3n) is 7.50. The number of hydrogen-bond acceptors (Lipinski definition) is 6. The lowest BCUT2D eigenvalue weighted by atomic mass is 9.84. The lowest BCUT2D eigenvalue weighted by Gasteiger charge is -2.26. The van der Waals surface area contributed by atoms with Crippen LogP contribution in [0, 0.1) is 0 Å². The van der Waals surface area contributed by atoms with Gasteiger partial charge in [0.05, 0.1) is 29.6 Å². The van der Waals surface area contributed by atoms with E-state index in [0.29, 0.717) is 52.4 Å². The van der Waals surface area contributed by atoms with Crippen LogP contribution < -0.4 is 10.1 Å². The Labute approximate surface area is 224 Å². The number of aliphatic imine (C=N–C) groups is 1. The first-order valence-electron chi connectivity index (χ1n) is 12.7. The lowest BCUT2D eigenvalue weighted by Crippen LogP contribution is -2.38. The molecule has 2 aliphatic heterocycles. The minimum Gasteiger partial charge on any atom is -0.497 e. The summed E-state index contributed by atoms with van der Waals surface area (Å²) in [6.07, 6.45) is 1.14. The van der Waals surface area contributed by atoms with Gasteiger partial charge in [0.1, 0.15) is 17.1 Å². The number of methoxy groups -OCH3 is 1. The second kappa shape index (κ2) is 9.52. The van der Waals surface area contributed by atoms with Gasteiger partial charge in [0, 0.05) is 42.0 Å². The van der Waals surface area contributed by atoms with E-state index in [4.69, 9.17) is 9.73 Å². The molecule has 0 aliphatic carbocycles. The number of hydrogen-bond donors (Lipinski definition) is 3. The topological polar surface area (TPSA) is 124 Å². The number of para-hydroxylation sites is 1. The van der Waals surface area contributed by atoms with Crippen molar-refractivity contribution in [1.82, 2.24) is 15.2 Å². The number of aromatic amines is 1. The molecule has 3 aromatic carbocycles. The SMILES string of the molecule is COc1ccc2c(c1)N=C(c1[nH]c3ccccc3c1CCN1C(=O)c3ccccc3C1=O)C2(O)CCNC=O. The van der Waals surface area contributed by atoms with Crippen LogP contribution in [0.4, 0.5) is 5.69 Å². The van der Waals surface area contributed by atoms with Crippen LogP contribution in [0.3, 0.4) is 0 Å². The van der Waals surface area contributed by atoms with Crippen LogP contribution in [0.15, 0.2) is 71.7 Å². The van der Waals surface area contributed by atoms with Crippen molar-refractivity contribution >= 4 is 40.5 Å². The molecule has 6 rings (SSSR count). The number of amides is 3. The third kappa shape index (κ3) is 3.90. The molecule has 3 N–H and O–H groups in total. The van der Waals surface area contributed by atoms with Crippen LogP contribution in [0.2, 0.25) is 0 Å². The van der Waals surface area contributed by atoms with E-state index in [9.17, 15) is 19.5 Å². The van der Waals surface area contributed by atoms with E-state index in [0.717, 1.165) is 16.5 Å². The summed E-state index contributed by atoms with van der Waals surface area (Å²) >= 11 is 0. The van der Waals surface area contributed by atoms with Crippen LogP contribution >= 0.6 is 0 Å². The van der Waals surface area contributed by atoms with Gasteiger partial charge in [-0.1, -0.05) is 30.3 Å². The number of aromatic nitrogens is 1. The third-order valence-corrected chi connectivity index (χ3v) is 7.50. The number of carbonyl (C=O) groups is 3. The predicted molar refractivity (Wildman–Crippen MR) is 146 cm³/mol. The molecular formula is C30H26N4O5. The summed E-state index contributed by atoms with van der Waals surface area (Å²) in [5.41, 5.74) is 3.20. The second-order valence-electron chi connectivity index (χ2n) is 9.61. The van der Waals surface area contributed by atoms with Gasteiger partial charge in [-0.25, -0.2) is 4.99 Å². The van der Waals surface area contributed by atoms with Gasteiger partial charge in [0.2, 0.25) is 6.41 Å². The smallest absolute Gasteiger partial charge is 0.261 e. The van der Waals surface area contributed by atoms with Gasteiger partial charge in [0.15, 0.2) is 0 Å². The van der Waals surface area contributed by atoms with Crippen LogP contribution in [-0.2, 0) is 16.8 Å². The Morgan fingerprint density at radius 2 is 1.77 bits per heavy atom. The minimum atomic E-state index is -1.50. The van der Waals surface area contributed by atoms with Crippen molar-refractivity contribution < 1.29 is 24.2 Å². The van der Waals surface area contributed by atoms with Crippen molar-refractivity contribution in [2.45, 2.75) is 18.4 Å². The van der Waals surface area contributed by atoms with Crippen molar-refractivity contribution in [3.8, 4) is 5.75 Å². The van der Waals surface area contributed by atoms with Crippen molar-refractivity contribution in [3.05, 3.63) is 94.7 Å². The maximum Gasteiger partial charge on any atom is 0.261 e. The molecule has 0 spiro atoms. The number of carbonyl (C=O) groups excluding carboxylic acids is 3. The Bertz CT molecular complexity index is 1640. The van der Waals surface area contributed by atoms with Crippen molar-refractivity contribution in [2.75, 3.05) is 20.2 Å². The molecular weight excluding hydrogens is 496 g/mol. The van der Waals surface area contributed by atoms with Gasteiger partial charge in [-0.15, -0.1) is 0 Å². The molecule has 2 aliphatic rings. The number of imide groups is 1. The molecule has 0 fully saturated rings. The molecule has 0 saturated carbocycles. The van der Waals surface area contributed by atoms with Gasteiger partial charge in [0.25, 0.3) is 11.8 Å². The van der Waals surface area contributed by atoms with E-state index >= 15 is 0 Å². The van der Waals surface area contributed by atoms with Crippen LogP contribution in [0.25, 0.3) is 10.9 Å². The number of benzene rings is 3. The van der Waals surface area contributed by atoms with Gasteiger partial charge < -0.3 is 20.1 Å². The molecule has 1 atom stereocenters. The summed E-state index contributed by atoms with van der Waals surface area (Å²) in [6, 6.07) is 19.9. The summed E-state index contributed by atoms with van der Waals surface area (Å²) in [7, 11) is 1.57. The fourth-order valence-corrected chi connectivity index (χ4v) is 5.58. The molecule has 1 aromatic heterocycles. The maximum atomic E-state index is 13.0. The first-order valence-corrected chi connectivity index (χ1v) is 12.7. The fourth-order valence-electron chi connectivity index (χ4n) is 5.58. The Hall–Kier alpha value is -4.76. The molecule has 0 radical (unpaired) electrons. The average Bonchev–Trinajstić information content (AvgIpc) is 3.55. The monoisotopic (exact) mass is 522 g/mol. The highest BCUT2D eigenvalue weighted by molar-refractivity contribution is 6.21. The lowest BCUT2D eigenvalue weighted by molar-refractivity contribution is -0.109. The average molecular weight is 523 g/mol. The molecule has 9 heteroatoms. The van der Waals surface area contributed by atoms with E-state index in [1.54, 1.807) is 49.6 Å². The Morgan fingerprint density at radius 3 is 2.49 bits per heavy atom. The van der Waals surface area contributed by atoms with Crippen molar-refractivity contribution in [2.24, 2.45) is 4.99 Å². The van der Waals surface area contributed by atoms with Gasteiger partial charge in [-0.2, -0.15) is 0 Å². The number of nitrogens with zero attached hydrogens (tertiary/aromatic N) is 2. The summed E-state index contributed by atoms with van der Waals surface area (Å²) < 4.78 is 5.37. The van der Waals surface area contributed by atoms with Gasteiger partial charge in [-0.3, -0.25) is 19.3 Å². The van der Waals surface area contributed by atoms with Crippen molar-refractivity contribution in [3.63, 3.8) is 0 Å². The van der Waals surface area contributed by atoms with E-state index in [-0.39, 0.29) is 31.3 Å². The highest BCUT2D eigenvalue weighted by Gasteiger charge is 2.44. The Balaban J connectivity index is 1.42. The largest absolute Gasteiger partial charge is 0.497 e. The molecule has 0 saturated heterocycles. The summed E-state index contributed by atoms with van der Waals surface area (Å²) in [4.78, 5) is 46.6. The first-order chi connectivity index (χ1) is 19.0. The zero-order chi connectivity index (χ0) is 27.1. The standard InChI is InChI=1S/C30H26N4O5/c1-39-18-10-11-23-25(16-18)33-27(30(23,38)13-14-31-17-35)26-20(19-6-4-5-9-24(19)32-26)12-15-34-28(36)21-7-2-3-8-22(21)29(34)37/h2-11,16-17,32,38H,12-15H2,1H3,(H,31,35). The maximum absolute atomic E-state index is 13.0. The van der Waals surface area contributed by atoms with Gasteiger partial charge in [-0.05, 0) is 42.3 Å². The predicted octanol–water partition coefficient (Wildman–Crippen LogP) is 3.47. The second-order valence-corrected chi connectivity index (χ2v) is 9.61. The van der Waals surface area contributed by atoms with Crippen LogP contribution in [0.5, 0.6) is 5.75 Å². The van der Waals surface area contributed by atoms with E-state index in [2.05, 4.69) is 10.3 Å². The number of rotatable bonds is 9. The zero-order valence-corrected chi connectivity index (χ0v) is 21.2. The molecule has 3 amide bonds. The number of nitrogens with one attached hydrogen (secondary N) is 2. The van der Waals surface area contributed by atoms with Crippen LogP contribution in [0.1, 0.15) is 44.0 Å². The molecule has 9 nitrogen and oxygen atoms in total. The first kappa shape index (κ1) is 24.6. The summed E-state index contributed by atoms with van der Waals surface area (Å²) in [6.45, 7) is 0.398. The fraction of sp³-hybridized carbons (Fsp3) is 0.200. The van der Waals surface area contributed by atoms with E-state index in [1.807, 2.05) is 24.3 Å². The number of ether oxygens (including phenoxy) is 1. The highest BCUT2D eigenvalue weighted by atomic mass is 16.5. The summed E-state index contributed by atoms with van der Waals surface area (Å²) in [5.74, 6) is -0.0214. The van der Waals surface area contributed by atoms with Crippen LogP contribution in [-0.4, -0.2) is 59.1 Å². The molecule has 0 bridgehead atoms. The molecule has 196 valence electrons. The summed E-state index contributed by atoms with van der Waals surface area (Å²) in [5, 5.41) is 15.7. The number of H-pyrrole nitrogens is 1. The quantitative estimate of drug-likeness (QED) is 0.176. The zero-order valence-electron chi connectivity index (χ0n) is 21.2. The number of aliphatic hydroxyl groups is 1. The van der Waals surface area contributed by atoms with Crippen molar-refractivity contribution in [1.29, 1.82) is 0 Å². The molecule has 4 aromatic rings. The number of fused-ring (bicyclic) bond motifs is 3. The normalized spacial score (nSPS) is 17.8. The van der Waals surface area contributed by atoms with E-state index < -0.39 is 5.60 Å². The molecule has 1 unspecified atom stereocenters.